The normalized spacial score (nSPS) is 16.1. The number of amides is 1. The molecule has 0 fully saturated rings. The maximum absolute atomic E-state index is 13.2. The minimum Gasteiger partial charge on any atom is -0.381 e. The first kappa shape index (κ1) is 19.3. The predicted molar refractivity (Wildman–Crippen MR) is 107 cm³/mol. The van der Waals surface area contributed by atoms with E-state index in [-0.39, 0.29) is 17.8 Å². The molecule has 0 saturated heterocycles. The van der Waals surface area contributed by atoms with Gasteiger partial charge in [0.1, 0.15) is 6.33 Å². The molecular formula is C21H17F3N6O. The lowest BCUT2D eigenvalue weighted by Gasteiger charge is -2.26. The van der Waals surface area contributed by atoms with Crippen molar-refractivity contribution < 1.29 is 18.0 Å². The molecule has 0 saturated carbocycles. The third kappa shape index (κ3) is 3.06. The van der Waals surface area contributed by atoms with Gasteiger partial charge in [-0.15, -0.1) is 10.2 Å². The number of fused-ring (bicyclic) bond motifs is 4. The van der Waals surface area contributed by atoms with Crippen LogP contribution in [0.25, 0.3) is 16.7 Å². The number of anilines is 1. The number of rotatable bonds is 2. The summed E-state index contributed by atoms with van der Waals surface area (Å²) in [6.07, 6.45) is -1.83. The molecule has 2 heterocycles. The van der Waals surface area contributed by atoms with Crippen LogP contribution in [-0.2, 0) is 12.6 Å². The quantitative estimate of drug-likeness (QED) is 0.529. The molecule has 0 spiro atoms. The molecule has 10 heteroatoms. The predicted octanol–water partition coefficient (Wildman–Crippen LogP) is 3.64. The van der Waals surface area contributed by atoms with Gasteiger partial charge in [-0.1, -0.05) is 6.07 Å². The largest absolute Gasteiger partial charge is 0.416 e. The van der Waals surface area contributed by atoms with Gasteiger partial charge in [-0.05, 0) is 54.3 Å². The minimum absolute atomic E-state index is 0.238. The van der Waals surface area contributed by atoms with Crippen LogP contribution in [0.5, 0.6) is 0 Å². The summed E-state index contributed by atoms with van der Waals surface area (Å²) in [6, 6.07) is 8.50. The molecule has 1 atom stereocenters. The number of alkyl halides is 3. The first-order chi connectivity index (χ1) is 14.7. The van der Waals surface area contributed by atoms with E-state index in [0.29, 0.717) is 40.6 Å². The van der Waals surface area contributed by atoms with Crippen LogP contribution in [0.1, 0.15) is 39.5 Å². The lowest BCUT2D eigenvalue weighted by molar-refractivity contribution is -0.137. The Balaban J connectivity index is 1.49. The number of halogens is 3. The van der Waals surface area contributed by atoms with E-state index in [1.807, 2.05) is 0 Å². The number of hydrogen-bond donors (Lipinski definition) is 1. The second-order valence-corrected chi connectivity index (χ2v) is 7.61. The lowest BCUT2D eigenvalue weighted by Crippen LogP contribution is -2.30. The molecule has 2 aromatic carbocycles. The molecule has 2 aromatic heterocycles. The van der Waals surface area contributed by atoms with Gasteiger partial charge in [-0.2, -0.15) is 13.2 Å². The number of carbonyl (C=O) groups is 1. The Morgan fingerprint density at radius 3 is 2.81 bits per heavy atom. The molecule has 158 valence electrons. The van der Waals surface area contributed by atoms with Gasteiger partial charge >= 0.3 is 6.18 Å². The Kier molecular flexibility index (Phi) is 4.14. The van der Waals surface area contributed by atoms with Crippen molar-refractivity contribution in [2.75, 3.05) is 12.8 Å². The minimum atomic E-state index is -4.38. The van der Waals surface area contributed by atoms with Gasteiger partial charge in [0.05, 0.1) is 22.6 Å². The highest BCUT2D eigenvalue weighted by Crippen LogP contribution is 2.39. The van der Waals surface area contributed by atoms with Gasteiger partial charge in [-0.25, -0.2) is 4.98 Å². The van der Waals surface area contributed by atoms with Gasteiger partial charge in [-0.3, -0.25) is 9.20 Å². The van der Waals surface area contributed by atoms with Gasteiger partial charge in [0.15, 0.2) is 5.82 Å². The van der Waals surface area contributed by atoms with E-state index in [0.717, 1.165) is 11.6 Å². The van der Waals surface area contributed by atoms with E-state index in [9.17, 15) is 18.0 Å². The van der Waals surface area contributed by atoms with Crippen LogP contribution >= 0.6 is 0 Å². The molecule has 1 aliphatic rings. The summed E-state index contributed by atoms with van der Waals surface area (Å²) >= 11 is 0. The SMILES string of the molecule is CN(C(=O)c1ccc2nc(N)c3nncn3c2c1)C1CCc2cc(C(F)(F)F)ccc21. The zero-order chi connectivity index (χ0) is 21.9. The van der Waals surface area contributed by atoms with E-state index in [4.69, 9.17) is 5.73 Å². The molecule has 4 aromatic rings. The average Bonchev–Trinajstić information content (AvgIpc) is 3.39. The van der Waals surface area contributed by atoms with Crippen LogP contribution in [0.15, 0.2) is 42.7 Å². The van der Waals surface area contributed by atoms with Crippen molar-refractivity contribution in [2.24, 2.45) is 0 Å². The third-order valence-electron chi connectivity index (χ3n) is 5.80. The van der Waals surface area contributed by atoms with Gasteiger partial charge in [0.25, 0.3) is 5.91 Å². The molecule has 1 amide bonds. The number of aryl methyl sites for hydroxylation is 1. The Labute approximate surface area is 174 Å². The lowest BCUT2D eigenvalue weighted by atomic mass is 10.0. The van der Waals surface area contributed by atoms with Gasteiger partial charge in [0.2, 0.25) is 5.65 Å². The van der Waals surface area contributed by atoms with Crippen molar-refractivity contribution >= 4 is 28.4 Å². The smallest absolute Gasteiger partial charge is 0.381 e. The van der Waals surface area contributed by atoms with Gasteiger partial charge in [0, 0.05) is 12.6 Å². The topological polar surface area (TPSA) is 89.4 Å². The fourth-order valence-corrected chi connectivity index (χ4v) is 4.23. The summed E-state index contributed by atoms with van der Waals surface area (Å²) in [4.78, 5) is 19.1. The van der Waals surface area contributed by atoms with E-state index < -0.39 is 11.7 Å². The van der Waals surface area contributed by atoms with E-state index in [1.165, 1.54) is 18.5 Å². The fourth-order valence-electron chi connectivity index (χ4n) is 4.23. The van der Waals surface area contributed by atoms with Crippen molar-refractivity contribution in [3.05, 3.63) is 65.0 Å². The molecule has 7 nitrogen and oxygen atoms in total. The third-order valence-corrected chi connectivity index (χ3v) is 5.80. The number of benzene rings is 2. The Morgan fingerprint density at radius 2 is 2.03 bits per heavy atom. The molecular weight excluding hydrogens is 409 g/mol. The number of hydrogen-bond acceptors (Lipinski definition) is 5. The summed E-state index contributed by atoms with van der Waals surface area (Å²) in [6.45, 7) is 0. The van der Waals surface area contributed by atoms with Crippen LogP contribution in [0.4, 0.5) is 19.0 Å². The van der Waals surface area contributed by atoms with E-state index in [2.05, 4.69) is 15.2 Å². The van der Waals surface area contributed by atoms with Crippen molar-refractivity contribution in [3.63, 3.8) is 0 Å². The first-order valence-corrected chi connectivity index (χ1v) is 9.60. The number of nitrogen functional groups attached to an aromatic ring is 1. The Morgan fingerprint density at radius 1 is 1.23 bits per heavy atom. The molecule has 0 aliphatic heterocycles. The standard InChI is InChI=1S/C21H17F3N6O/c1-29(16-7-3-11-8-13(21(22,23)24)4-5-14(11)16)20(31)12-2-6-15-17(9-12)30-10-26-28-19(30)18(25)27-15/h2,4-6,8-10,16H,3,7H2,1H3,(H2,25,27). The van der Waals surface area contributed by atoms with Crippen LogP contribution in [0, 0.1) is 0 Å². The van der Waals surface area contributed by atoms with Crippen molar-refractivity contribution in [1.29, 1.82) is 0 Å². The number of nitrogens with two attached hydrogens (primary N) is 1. The first-order valence-electron chi connectivity index (χ1n) is 9.60. The molecule has 5 rings (SSSR count). The maximum Gasteiger partial charge on any atom is 0.416 e. The molecule has 0 bridgehead atoms. The second-order valence-electron chi connectivity index (χ2n) is 7.61. The number of aromatic nitrogens is 4. The summed E-state index contributed by atoms with van der Waals surface area (Å²) in [5.41, 5.74) is 8.66. The molecule has 2 N–H and O–H groups in total. The summed E-state index contributed by atoms with van der Waals surface area (Å²) < 4.78 is 40.7. The monoisotopic (exact) mass is 426 g/mol. The zero-order valence-corrected chi connectivity index (χ0v) is 16.4. The van der Waals surface area contributed by atoms with Gasteiger partial charge < -0.3 is 10.6 Å². The molecule has 31 heavy (non-hydrogen) atoms. The highest BCUT2D eigenvalue weighted by Gasteiger charge is 2.34. The van der Waals surface area contributed by atoms with Crippen molar-refractivity contribution in [1.82, 2.24) is 24.5 Å². The summed E-state index contributed by atoms with van der Waals surface area (Å²) in [5.74, 6) is -0.000296. The van der Waals surface area contributed by atoms with Crippen LogP contribution in [0.3, 0.4) is 0 Å². The Hall–Kier alpha value is -3.69. The summed E-state index contributed by atoms with van der Waals surface area (Å²) in [7, 11) is 1.67. The highest BCUT2D eigenvalue weighted by atomic mass is 19.4. The van der Waals surface area contributed by atoms with Crippen LogP contribution in [0.2, 0.25) is 0 Å². The zero-order valence-electron chi connectivity index (χ0n) is 16.4. The number of nitrogens with zero attached hydrogens (tertiary/aromatic N) is 5. The average molecular weight is 426 g/mol. The second kappa shape index (κ2) is 6.66. The molecule has 0 radical (unpaired) electrons. The van der Waals surface area contributed by atoms with Crippen LogP contribution < -0.4 is 5.73 Å². The number of carbonyl (C=O) groups excluding carboxylic acids is 1. The van der Waals surface area contributed by atoms with Crippen molar-refractivity contribution in [3.8, 4) is 0 Å². The molecule has 1 unspecified atom stereocenters. The maximum atomic E-state index is 13.2. The van der Waals surface area contributed by atoms with Crippen molar-refractivity contribution in [2.45, 2.75) is 25.1 Å². The highest BCUT2D eigenvalue weighted by molar-refractivity contribution is 5.98. The van der Waals surface area contributed by atoms with Crippen LogP contribution in [-0.4, -0.2) is 37.4 Å². The fraction of sp³-hybridized carbons (Fsp3) is 0.238. The molecule has 1 aliphatic carbocycles. The summed E-state index contributed by atoms with van der Waals surface area (Å²) in [5, 5.41) is 7.79. The van der Waals surface area contributed by atoms with E-state index >= 15 is 0 Å². The Bertz CT molecular complexity index is 1350. The van der Waals surface area contributed by atoms with E-state index in [1.54, 1.807) is 34.5 Å².